The molecule has 0 radical (unpaired) electrons. The minimum Gasteiger partial charge on any atom is -0.369 e. The van der Waals surface area contributed by atoms with Crippen molar-refractivity contribution in [1.82, 2.24) is 10.2 Å². The van der Waals surface area contributed by atoms with Crippen LogP contribution in [-0.4, -0.2) is 27.8 Å². The first kappa shape index (κ1) is 16.4. The fourth-order valence-corrected chi connectivity index (χ4v) is 5.25. The van der Waals surface area contributed by atoms with Gasteiger partial charge in [0.05, 0.1) is 11.2 Å². The number of thiophene rings is 1. The number of thioether (sulfide) groups is 1. The topological polar surface area (TPSA) is 98.0 Å². The molecule has 2 amide bonds. The minimum atomic E-state index is -0.444. The lowest BCUT2D eigenvalue weighted by Crippen LogP contribution is -2.37. The largest absolute Gasteiger partial charge is 0.369 e. The Labute approximate surface area is 145 Å². The molecule has 1 saturated carbocycles. The summed E-state index contributed by atoms with van der Waals surface area (Å²) in [5.74, 6) is -0.264. The van der Waals surface area contributed by atoms with Crippen LogP contribution in [0.2, 0.25) is 0 Å². The number of nitrogens with zero attached hydrogens (tertiary/aromatic N) is 2. The number of nitrogens with one attached hydrogen (secondary N) is 1. The van der Waals surface area contributed by atoms with E-state index < -0.39 is 11.3 Å². The predicted octanol–water partition coefficient (Wildman–Crippen LogP) is 2.63. The van der Waals surface area contributed by atoms with Gasteiger partial charge in [0.25, 0.3) is 0 Å². The summed E-state index contributed by atoms with van der Waals surface area (Å²) in [6.07, 6.45) is 3.84. The smallest absolute Gasteiger partial charge is 0.237 e. The van der Waals surface area contributed by atoms with E-state index >= 15 is 0 Å². The van der Waals surface area contributed by atoms with Crippen LogP contribution in [0.5, 0.6) is 0 Å². The Hall–Kier alpha value is -1.45. The van der Waals surface area contributed by atoms with Crippen molar-refractivity contribution in [2.24, 2.45) is 5.73 Å². The van der Waals surface area contributed by atoms with E-state index in [1.165, 1.54) is 23.1 Å². The summed E-state index contributed by atoms with van der Waals surface area (Å²) >= 11 is 4.11. The van der Waals surface area contributed by atoms with Crippen LogP contribution >= 0.6 is 34.4 Å². The Morgan fingerprint density at radius 2 is 2.13 bits per heavy atom. The quantitative estimate of drug-likeness (QED) is 0.603. The molecule has 23 heavy (non-hydrogen) atoms. The molecule has 3 N–H and O–H groups in total. The van der Waals surface area contributed by atoms with Crippen LogP contribution in [0.3, 0.4) is 0 Å². The van der Waals surface area contributed by atoms with E-state index in [0.717, 1.165) is 30.6 Å². The van der Waals surface area contributed by atoms with Gasteiger partial charge in [-0.15, -0.1) is 21.5 Å². The molecule has 2 aromatic rings. The van der Waals surface area contributed by atoms with Gasteiger partial charge in [-0.05, 0) is 24.3 Å². The van der Waals surface area contributed by atoms with Crippen LogP contribution in [0.15, 0.2) is 21.9 Å². The molecule has 2 aromatic heterocycles. The van der Waals surface area contributed by atoms with Crippen LogP contribution in [0.25, 0.3) is 0 Å². The van der Waals surface area contributed by atoms with Crippen molar-refractivity contribution in [1.29, 1.82) is 0 Å². The van der Waals surface area contributed by atoms with E-state index in [1.807, 2.05) is 17.5 Å². The number of aromatic nitrogens is 2. The summed E-state index contributed by atoms with van der Waals surface area (Å²) in [4.78, 5) is 24.8. The van der Waals surface area contributed by atoms with Gasteiger partial charge < -0.3 is 5.73 Å². The maximum Gasteiger partial charge on any atom is 0.237 e. The number of primary amides is 1. The van der Waals surface area contributed by atoms with Crippen molar-refractivity contribution >= 4 is 51.4 Å². The molecule has 6 nitrogen and oxygen atoms in total. The van der Waals surface area contributed by atoms with Crippen molar-refractivity contribution in [3.63, 3.8) is 0 Å². The Morgan fingerprint density at radius 1 is 1.35 bits per heavy atom. The number of anilines is 1. The zero-order valence-electron chi connectivity index (χ0n) is 12.3. The highest BCUT2D eigenvalue weighted by atomic mass is 32.2. The van der Waals surface area contributed by atoms with E-state index in [2.05, 4.69) is 15.5 Å². The summed E-state index contributed by atoms with van der Waals surface area (Å²) in [5.41, 5.74) is 4.67. The van der Waals surface area contributed by atoms with E-state index in [1.54, 1.807) is 11.3 Å². The third kappa shape index (κ3) is 3.56. The molecule has 2 heterocycles. The van der Waals surface area contributed by atoms with Crippen LogP contribution in [0.1, 0.15) is 30.6 Å². The summed E-state index contributed by atoms with van der Waals surface area (Å²) in [6.45, 7) is 0. The number of hydrogen-bond acceptors (Lipinski definition) is 7. The van der Waals surface area contributed by atoms with Crippen LogP contribution in [0.4, 0.5) is 5.13 Å². The van der Waals surface area contributed by atoms with Gasteiger partial charge in [0.15, 0.2) is 4.34 Å². The van der Waals surface area contributed by atoms with Crippen molar-refractivity contribution in [2.75, 3.05) is 11.1 Å². The monoisotopic (exact) mass is 368 g/mol. The van der Waals surface area contributed by atoms with Gasteiger partial charge in [0.1, 0.15) is 0 Å². The molecule has 0 unspecified atom stereocenters. The second-order valence-electron chi connectivity index (χ2n) is 5.35. The molecule has 3 rings (SSSR count). The van der Waals surface area contributed by atoms with Crippen LogP contribution in [0, 0.1) is 0 Å². The van der Waals surface area contributed by atoms with E-state index in [-0.39, 0.29) is 11.7 Å². The van der Waals surface area contributed by atoms with Gasteiger partial charge in [0, 0.05) is 4.88 Å². The highest BCUT2D eigenvalue weighted by molar-refractivity contribution is 8.01. The van der Waals surface area contributed by atoms with Crippen LogP contribution < -0.4 is 11.1 Å². The van der Waals surface area contributed by atoms with E-state index in [4.69, 9.17) is 5.73 Å². The minimum absolute atomic E-state index is 0.0138. The number of rotatable bonds is 6. The zero-order chi connectivity index (χ0) is 16.3. The first-order valence-electron chi connectivity index (χ1n) is 7.20. The maximum atomic E-state index is 12.9. The molecule has 0 aliphatic heterocycles. The highest BCUT2D eigenvalue weighted by Crippen LogP contribution is 2.44. The first-order valence-corrected chi connectivity index (χ1v) is 9.88. The van der Waals surface area contributed by atoms with Crippen molar-refractivity contribution < 1.29 is 9.59 Å². The molecule has 122 valence electrons. The fraction of sp³-hybridized carbons (Fsp3) is 0.429. The van der Waals surface area contributed by atoms with E-state index in [9.17, 15) is 9.59 Å². The average Bonchev–Trinajstić information content (AvgIpc) is 3.26. The van der Waals surface area contributed by atoms with Crippen molar-refractivity contribution in [2.45, 2.75) is 35.4 Å². The average molecular weight is 369 g/mol. The molecule has 0 spiro atoms. The second-order valence-corrected chi connectivity index (χ2v) is 8.50. The van der Waals surface area contributed by atoms with Gasteiger partial charge in [0.2, 0.25) is 16.9 Å². The SMILES string of the molecule is NC(=O)CSc1nnc(NC(=O)C2(c3cccs3)CCCC2)s1. The summed E-state index contributed by atoms with van der Waals surface area (Å²) < 4.78 is 0.621. The number of carbonyl (C=O) groups is 2. The molecule has 0 atom stereocenters. The molecule has 0 aromatic carbocycles. The number of carbonyl (C=O) groups excluding carboxylic acids is 2. The fourth-order valence-electron chi connectivity index (χ4n) is 2.78. The summed E-state index contributed by atoms with van der Waals surface area (Å²) in [6, 6.07) is 4.01. The Morgan fingerprint density at radius 3 is 2.78 bits per heavy atom. The maximum absolute atomic E-state index is 12.9. The molecular formula is C14H16N4O2S3. The molecule has 1 fully saturated rings. The predicted molar refractivity (Wildman–Crippen MR) is 92.9 cm³/mol. The van der Waals surface area contributed by atoms with Crippen molar-refractivity contribution in [3.05, 3.63) is 22.4 Å². The number of amides is 2. The third-order valence-electron chi connectivity index (χ3n) is 3.85. The lowest BCUT2D eigenvalue weighted by atomic mass is 9.83. The molecule has 0 bridgehead atoms. The normalized spacial score (nSPS) is 16.3. The number of hydrogen-bond donors (Lipinski definition) is 2. The first-order chi connectivity index (χ1) is 11.1. The Kier molecular flexibility index (Phi) is 4.98. The van der Waals surface area contributed by atoms with Gasteiger partial charge in [-0.3, -0.25) is 14.9 Å². The lowest BCUT2D eigenvalue weighted by molar-refractivity contribution is -0.121. The molecule has 1 aliphatic carbocycles. The van der Waals surface area contributed by atoms with Crippen LogP contribution in [-0.2, 0) is 15.0 Å². The van der Waals surface area contributed by atoms with E-state index in [0.29, 0.717) is 9.47 Å². The Bertz CT molecular complexity index is 693. The Balaban J connectivity index is 1.72. The number of nitrogens with two attached hydrogens (primary N) is 1. The zero-order valence-corrected chi connectivity index (χ0v) is 14.7. The summed E-state index contributed by atoms with van der Waals surface area (Å²) in [7, 11) is 0. The standard InChI is InChI=1S/C14H16N4O2S3/c15-10(19)8-22-13-18-17-12(23-13)16-11(20)14(5-1-2-6-14)9-4-3-7-21-9/h3-4,7H,1-2,5-6,8H2,(H2,15,19)(H,16,17,20). The molecule has 1 aliphatic rings. The van der Waals surface area contributed by atoms with Crippen molar-refractivity contribution in [3.8, 4) is 0 Å². The lowest BCUT2D eigenvalue weighted by Gasteiger charge is -2.25. The van der Waals surface area contributed by atoms with Gasteiger partial charge in [-0.1, -0.05) is 42.0 Å². The molecule has 0 saturated heterocycles. The highest BCUT2D eigenvalue weighted by Gasteiger charge is 2.43. The van der Waals surface area contributed by atoms with Gasteiger partial charge >= 0.3 is 0 Å². The summed E-state index contributed by atoms with van der Waals surface area (Å²) in [5, 5.41) is 13.3. The molecule has 9 heteroatoms. The molecular weight excluding hydrogens is 352 g/mol. The third-order valence-corrected chi connectivity index (χ3v) is 6.92. The second kappa shape index (κ2) is 6.98. The van der Waals surface area contributed by atoms with Gasteiger partial charge in [-0.25, -0.2) is 0 Å². The van der Waals surface area contributed by atoms with Gasteiger partial charge in [-0.2, -0.15) is 0 Å².